The van der Waals surface area contributed by atoms with Gasteiger partial charge in [-0.05, 0) is 54.7 Å². The summed E-state index contributed by atoms with van der Waals surface area (Å²) in [6.07, 6.45) is -0.770. The van der Waals surface area contributed by atoms with Gasteiger partial charge in [-0.15, -0.1) is 0 Å². The summed E-state index contributed by atoms with van der Waals surface area (Å²) in [5, 5.41) is 9.66. The first-order valence-electron chi connectivity index (χ1n) is 8.54. The first kappa shape index (κ1) is 18.3. The van der Waals surface area contributed by atoms with Crippen molar-refractivity contribution in [2.45, 2.75) is 19.0 Å². The van der Waals surface area contributed by atoms with E-state index in [1.54, 1.807) is 0 Å². The molecule has 2 nitrogen and oxygen atoms in total. The van der Waals surface area contributed by atoms with E-state index in [2.05, 4.69) is 22.9 Å². The monoisotopic (exact) mass is 354 g/mol. The van der Waals surface area contributed by atoms with Gasteiger partial charge in [0.15, 0.2) is 0 Å². The Hall–Kier alpha value is -2.52. The molecular weight excluding hydrogens is 336 g/mol. The van der Waals surface area contributed by atoms with Gasteiger partial charge in [-0.3, -0.25) is 0 Å². The van der Waals surface area contributed by atoms with Crippen LogP contribution in [0.3, 0.4) is 0 Å². The zero-order valence-corrected chi connectivity index (χ0v) is 14.2. The van der Waals surface area contributed by atoms with E-state index in [1.165, 1.54) is 17.7 Å². The highest BCUT2D eigenvalue weighted by Crippen LogP contribution is 2.31. The predicted octanol–water partition coefficient (Wildman–Crippen LogP) is 4.63. The number of nitriles is 1. The van der Waals surface area contributed by atoms with E-state index < -0.39 is 18.6 Å². The minimum absolute atomic E-state index is 0.441. The number of nitrogens with zero attached hydrogens (tertiary/aromatic N) is 2. The summed E-state index contributed by atoms with van der Waals surface area (Å²) in [5.74, 6) is 2.32. The highest BCUT2D eigenvalue weighted by molar-refractivity contribution is 6.83. The van der Waals surface area contributed by atoms with Crippen LogP contribution < -0.4 is 0 Å². The lowest BCUT2D eigenvalue weighted by Crippen LogP contribution is -2.44. The topological polar surface area (TPSA) is 27.0 Å². The van der Waals surface area contributed by atoms with Crippen molar-refractivity contribution >= 4 is 12.3 Å². The van der Waals surface area contributed by atoms with Crippen LogP contribution in [-0.4, -0.2) is 24.7 Å². The summed E-state index contributed by atoms with van der Waals surface area (Å²) in [5.41, 5.74) is 2.00. The van der Waals surface area contributed by atoms with Gasteiger partial charge in [-0.1, -0.05) is 48.5 Å². The van der Waals surface area contributed by atoms with Gasteiger partial charge >= 0.3 is 13.0 Å². The van der Waals surface area contributed by atoms with Gasteiger partial charge in [0, 0.05) is 5.97 Å². The third-order valence-electron chi connectivity index (χ3n) is 4.64. The third kappa shape index (κ3) is 4.17. The number of rotatable bonds is 4. The van der Waals surface area contributed by atoms with Crippen LogP contribution in [0.1, 0.15) is 23.1 Å². The second-order valence-electron chi connectivity index (χ2n) is 6.33. The molecule has 1 aliphatic rings. The first-order valence-corrected chi connectivity index (χ1v) is 8.54. The smallest absolute Gasteiger partial charge is 0.325 e. The summed E-state index contributed by atoms with van der Waals surface area (Å²) in [7, 11) is 0. The van der Waals surface area contributed by atoms with Crippen molar-refractivity contribution in [3.05, 3.63) is 77.4 Å². The largest absolute Gasteiger partial charge is 0.416 e. The minimum atomic E-state index is -4.35. The Labute approximate surface area is 151 Å². The van der Waals surface area contributed by atoms with E-state index in [0.717, 1.165) is 43.5 Å². The SMILES string of the molecule is N#CB1C(c2ccc(C(F)(F)F)cc2)=CCCN1CCc1ccccc1. The number of benzene rings is 2. The summed E-state index contributed by atoms with van der Waals surface area (Å²) in [6, 6.07) is 15.1. The van der Waals surface area contributed by atoms with E-state index in [9.17, 15) is 18.4 Å². The fourth-order valence-corrected chi connectivity index (χ4v) is 3.26. The van der Waals surface area contributed by atoms with E-state index in [0.29, 0.717) is 5.56 Å². The quantitative estimate of drug-likeness (QED) is 0.749. The Bertz CT molecular complexity index is 808. The van der Waals surface area contributed by atoms with E-state index in [-0.39, 0.29) is 0 Å². The molecule has 0 fully saturated rings. The second-order valence-corrected chi connectivity index (χ2v) is 6.33. The molecule has 1 aliphatic heterocycles. The molecule has 0 unspecified atom stereocenters. The molecule has 0 aliphatic carbocycles. The van der Waals surface area contributed by atoms with Crippen molar-refractivity contribution < 1.29 is 13.2 Å². The standard InChI is InChI=1S/C20H18BF3N2/c22-20(23,24)18-10-8-17(9-11-18)19-7-4-13-26(21(19)15-25)14-12-16-5-2-1-3-6-16/h1-3,5-11H,4,12-14H2. The molecular formula is C20H18BF3N2. The fourth-order valence-electron chi connectivity index (χ4n) is 3.26. The van der Waals surface area contributed by atoms with Gasteiger partial charge in [0.05, 0.1) is 5.56 Å². The molecule has 0 bridgehead atoms. The summed E-state index contributed by atoms with van der Waals surface area (Å²) in [6.45, 7) is 1.07. The maximum absolute atomic E-state index is 12.8. The molecule has 0 atom stereocenters. The Kier molecular flexibility index (Phi) is 5.48. The Morgan fingerprint density at radius 2 is 1.73 bits per heavy atom. The van der Waals surface area contributed by atoms with Crippen molar-refractivity contribution in [2.75, 3.05) is 13.1 Å². The van der Waals surface area contributed by atoms with E-state index >= 15 is 0 Å². The van der Waals surface area contributed by atoms with Crippen LogP contribution in [0.25, 0.3) is 5.47 Å². The van der Waals surface area contributed by atoms with Crippen molar-refractivity contribution in [1.82, 2.24) is 4.81 Å². The molecule has 1 heterocycles. The zero-order chi connectivity index (χ0) is 18.6. The van der Waals surface area contributed by atoms with Gasteiger partial charge in [-0.2, -0.15) is 13.2 Å². The summed E-state index contributed by atoms with van der Waals surface area (Å²) in [4.78, 5) is 2.10. The molecule has 3 rings (SSSR count). The van der Waals surface area contributed by atoms with Crippen LogP contribution >= 0.6 is 0 Å². The predicted molar refractivity (Wildman–Crippen MR) is 97.1 cm³/mol. The van der Waals surface area contributed by atoms with Gasteiger partial charge in [-0.25, -0.2) is 5.26 Å². The average Bonchev–Trinajstić information content (AvgIpc) is 2.66. The van der Waals surface area contributed by atoms with Gasteiger partial charge in [0.1, 0.15) is 0 Å². The lowest BCUT2D eigenvalue weighted by atomic mass is 9.51. The summed E-state index contributed by atoms with van der Waals surface area (Å²) < 4.78 is 38.3. The normalized spacial score (nSPS) is 15.5. The highest BCUT2D eigenvalue weighted by atomic mass is 19.4. The molecule has 6 heteroatoms. The minimum Gasteiger partial charge on any atom is -0.325 e. The van der Waals surface area contributed by atoms with Crippen LogP contribution in [0.15, 0.2) is 60.7 Å². The van der Waals surface area contributed by atoms with E-state index in [4.69, 9.17) is 0 Å². The molecule has 0 saturated carbocycles. The molecule has 0 N–H and O–H groups in total. The number of hydrogen-bond donors (Lipinski definition) is 0. The molecule has 0 radical (unpaired) electrons. The number of hydrogen-bond acceptors (Lipinski definition) is 2. The van der Waals surface area contributed by atoms with Crippen LogP contribution in [0.2, 0.25) is 0 Å². The van der Waals surface area contributed by atoms with Crippen LogP contribution in [-0.2, 0) is 12.6 Å². The van der Waals surface area contributed by atoms with Crippen molar-refractivity contribution in [3.8, 4) is 5.97 Å². The molecule has 26 heavy (non-hydrogen) atoms. The number of alkyl halides is 3. The lowest BCUT2D eigenvalue weighted by Gasteiger charge is -2.30. The molecule has 0 saturated heterocycles. The molecule has 0 amide bonds. The van der Waals surface area contributed by atoms with Crippen LogP contribution in [0, 0.1) is 11.2 Å². The Morgan fingerprint density at radius 1 is 1.04 bits per heavy atom. The van der Waals surface area contributed by atoms with Crippen molar-refractivity contribution in [3.63, 3.8) is 0 Å². The lowest BCUT2D eigenvalue weighted by molar-refractivity contribution is -0.137. The third-order valence-corrected chi connectivity index (χ3v) is 4.64. The Balaban J connectivity index is 1.75. The van der Waals surface area contributed by atoms with Gasteiger partial charge in [0.2, 0.25) is 0 Å². The molecule has 2 aromatic carbocycles. The van der Waals surface area contributed by atoms with Crippen LogP contribution in [0.5, 0.6) is 0 Å². The molecule has 2 aromatic rings. The summed E-state index contributed by atoms with van der Waals surface area (Å²) >= 11 is 0. The average molecular weight is 354 g/mol. The molecule has 0 spiro atoms. The highest BCUT2D eigenvalue weighted by Gasteiger charge is 2.33. The zero-order valence-electron chi connectivity index (χ0n) is 14.2. The maximum Gasteiger partial charge on any atom is 0.416 e. The van der Waals surface area contributed by atoms with Crippen molar-refractivity contribution in [1.29, 1.82) is 5.26 Å². The second kappa shape index (κ2) is 7.80. The molecule has 0 aromatic heterocycles. The van der Waals surface area contributed by atoms with E-state index in [1.807, 2.05) is 24.3 Å². The van der Waals surface area contributed by atoms with Crippen LogP contribution in [0.4, 0.5) is 13.2 Å². The van der Waals surface area contributed by atoms with Crippen molar-refractivity contribution in [2.24, 2.45) is 0 Å². The Morgan fingerprint density at radius 3 is 2.35 bits per heavy atom. The van der Waals surface area contributed by atoms with Gasteiger partial charge in [0.25, 0.3) is 0 Å². The number of halogens is 3. The fraction of sp³-hybridized carbons (Fsp3) is 0.250. The van der Waals surface area contributed by atoms with Gasteiger partial charge < -0.3 is 4.81 Å². The first-order chi connectivity index (χ1) is 12.5. The maximum atomic E-state index is 12.8. The molecule has 132 valence electrons.